The maximum absolute atomic E-state index is 14.2. The Labute approximate surface area is 144 Å². The lowest BCUT2D eigenvalue weighted by atomic mass is 9.94. The third kappa shape index (κ3) is 3.61. The summed E-state index contributed by atoms with van der Waals surface area (Å²) in [7, 11) is 0. The van der Waals surface area contributed by atoms with E-state index in [2.05, 4.69) is 10.1 Å². The SMILES string of the molecule is CSc1cccc(F)c1C(=O)N1CCC[C@@H](Cc2noc(C)n2)C1. The lowest BCUT2D eigenvalue weighted by Crippen LogP contribution is -2.41. The van der Waals surface area contributed by atoms with Crippen LogP contribution in [-0.4, -0.2) is 40.3 Å². The van der Waals surface area contributed by atoms with Crippen molar-refractivity contribution < 1.29 is 13.7 Å². The van der Waals surface area contributed by atoms with Crippen molar-refractivity contribution >= 4 is 17.7 Å². The number of carbonyl (C=O) groups excluding carboxylic acids is 1. The third-order valence-electron chi connectivity index (χ3n) is 4.26. The molecule has 1 atom stereocenters. The van der Waals surface area contributed by atoms with Gasteiger partial charge in [-0.2, -0.15) is 4.98 Å². The fourth-order valence-corrected chi connectivity index (χ4v) is 3.74. The molecule has 0 bridgehead atoms. The van der Waals surface area contributed by atoms with Gasteiger partial charge in [0.05, 0.1) is 5.56 Å². The number of rotatable bonds is 4. The summed E-state index contributed by atoms with van der Waals surface area (Å²) < 4.78 is 19.2. The maximum atomic E-state index is 14.2. The molecule has 1 saturated heterocycles. The first-order valence-electron chi connectivity index (χ1n) is 7.99. The largest absolute Gasteiger partial charge is 0.340 e. The van der Waals surface area contributed by atoms with Crippen molar-refractivity contribution in [2.75, 3.05) is 19.3 Å². The van der Waals surface area contributed by atoms with Gasteiger partial charge in [-0.25, -0.2) is 4.39 Å². The molecule has 7 heteroatoms. The van der Waals surface area contributed by atoms with Crippen molar-refractivity contribution in [3.05, 3.63) is 41.3 Å². The van der Waals surface area contributed by atoms with Gasteiger partial charge in [-0.1, -0.05) is 11.2 Å². The van der Waals surface area contributed by atoms with E-state index < -0.39 is 5.82 Å². The molecule has 5 nitrogen and oxygen atoms in total. The van der Waals surface area contributed by atoms with Gasteiger partial charge in [0.1, 0.15) is 5.82 Å². The highest BCUT2D eigenvalue weighted by molar-refractivity contribution is 7.98. The number of hydrogen-bond acceptors (Lipinski definition) is 5. The first kappa shape index (κ1) is 17.0. The van der Waals surface area contributed by atoms with Crippen LogP contribution in [0.4, 0.5) is 4.39 Å². The molecule has 1 aromatic carbocycles. The zero-order valence-corrected chi connectivity index (χ0v) is 14.6. The summed E-state index contributed by atoms with van der Waals surface area (Å²) in [5.74, 6) is 0.797. The minimum Gasteiger partial charge on any atom is -0.340 e. The molecule has 1 amide bonds. The highest BCUT2D eigenvalue weighted by Crippen LogP contribution is 2.27. The summed E-state index contributed by atoms with van der Waals surface area (Å²) in [6.07, 6.45) is 4.43. The van der Waals surface area contributed by atoms with Crippen LogP contribution in [0.5, 0.6) is 0 Å². The summed E-state index contributed by atoms with van der Waals surface area (Å²) in [4.78, 5) is 19.5. The molecular weight excluding hydrogens is 329 g/mol. The predicted molar refractivity (Wildman–Crippen MR) is 89.5 cm³/mol. The van der Waals surface area contributed by atoms with Crippen LogP contribution in [0.15, 0.2) is 27.6 Å². The molecule has 2 heterocycles. The normalized spacial score (nSPS) is 18.0. The summed E-state index contributed by atoms with van der Waals surface area (Å²) >= 11 is 1.39. The average molecular weight is 349 g/mol. The van der Waals surface area contributed by atoms with Crippen molar-refractivity contribution in [3.8, 4) is 0 Å². The Kier molecular flexibility index (Phi) is 5.18. The van der Waals surface area contributed by atoms with E-state index >= 15 is 0 Å². The standard InChI is InChI=1S/C17H20FN3O2S/c1-11-19-15(20-23-11)9-12-5-4-8-21(10-12)17(22)16-13(18)6-3-7-14(16)24-2/h3,6-7,12H,4-5,8-10H2,1-2H3/t12-/m0/s1. The van der Waals surface area contributed by atoms with Crippen LogP contribution in [0.3, 0.4) is 0 Å². The van der Waals surface area contributed by atoms with E-state index in [0.717, 1.165) is 12.8 Å². The van der Waals surface area contributed by atoms with Gasteiger partial charge in [0.2, 0.25) is 5.89 Å². The van der Waals surface area contributed by atoms with Crippen molar-refractivity contribution in [3.63, 3.8) is 0 Å². The van der Waals surface area contributed by atoms with Crippen molar-refractivity contribution in [1.29, 1.82) is 0 Å². The van der Waals surface area contributed by atoms with E-state index in [1.54, 1.807) is 24.0 Å². The molecule has 0 saturated carbocycles. The Morgan fingerprint density at radius 2 is 2.33 bits per heavy atom. The second-order valence-electron chi connectivity index (χ2n) is 6.01. The van der Waals surface area contributed by atoms with Crippen molar-refractivity contribution in [2.24, 2.45) is 5.92 Å². The second-order valence-corrected chi connectivity index (χ2v) is 6.86. The number of nitrogens with zero attached hydrogens (tertiary/aromatic N) is 3. The Bertz CT molecular complexity index is 734. The molecule has 0 radical (unpaired) electrons. The predicted octanol–water partition coefficient (Wildman–Crippen LogP) is 3.33. The highest BCUT2D eigenvalue weighted by atomic mass is 32.2. The zero-order chi connectivity index (χ0) is 17.1. The number of aromatic nitrogens is 2. The number of thioether (sulfide) groups is 1. The van der Waals surface area contributed by atoms with Gasteiger partial charge >= 0.3 is 0 Å². The van der Waals surface area contributed by atoms with E-state index in [1.807, 2.05) is 6.26 Å². The number of aryl methyl sites for hydroxylation is 1. The molecule has 24 heavy (non-hydrogen) atoms. The fraction of sp³-hybridized carbons (Fsp3) is 0.471. The maximum Gasteiger partial charge on any atom is 0.257 e. The minimum absolute atomic E-state index is 0.182. The van der Waals surface area contributed by atoms with Crippen LogP contribution in [-0.2, 0) is 6.42 Å². The molecule has 0 aliphatic carbocycles. The topological polar surface area (TPSA) is 59.2 Å². The fourth-order valence-electron chi connectivity index (χ4n) is 3.14. The molecule has 0 N–H and O–H groups in total. The Morgan fingerprint density at radius 1 is 1.50 bits per heavy atom. The molecule has 0 unspecified atom stereocenters. The minimum atomic E-state index is -0.456. The molecule has 0 spiro atoms. The first-order chi connectivity index (χ1) is 11.6. The van der Waals surface area contributed by atoms with Crippen LogP contribution >= 0.6 is 11.8 Å². The van der Waals surface area contributed by atoms with E-state index in [1.165, 1.54) is 17.8 Å². The van der Waals surface area contributed by atoms with Gasteiger partial charge in [-0.15, -0.1) is 11.8 Å². The Hall–Kier alpha value is -1.89. The number of benzene rings is 1. The molecule has 1 aromatic heterocycles. The average Bonchev–Trinajstić information content (AvgIpc) is 2.99. The van der Waals surface area contributed by atoms with Gasteiger partial charge in [0.25, 0.3) is 5.91 Å². The van der Waals surface area contributed by atoms with Crippen molar-refractivity contribution in [1.82, 2.24) is 15.0 Å². The smallest absolute Gasteiger partial charge is 0.257 e. The van der Waals surface area contributed by atoms with Gasteiger partial charge in [0.15, 0.2) is 5.82 Å². The number of piperidine rings is 1. The van der Waals surface area contributed by atoms with Gasteiger partial charge in [0, 0.05) is 31.3 Å². The number of carbonyl (C=O) groups is 1. The van der Waals surface area contributed by atoms with Gasteiger partial charge in [-0.05, 0) is 37.1 Å². The molecule has 1 fully saturated rings. The van der Waals surface area contributed by atoms with E-state index in [-0.39, 0.29) is 17.4 Å². The Balaban J connectivity index is 1.73. The molecule has 1 aliphatic heterocycles. The summed E-state index contributed by atoms with van der Waals surface area (Å²) in [6.45, 7) is 3.01. The molecule has 1 aliphatic rings. The van der Waals surface area contributed by atoms with Crippen LogP contribution in [0.2, 0.25) is 0 Å². The molecule has 3 rings (SSSR count). The summed E-state index contributed by atoms with van der Waals surface area (Å²) in [5, 5.41) is 3.93. The van der Waals surface area contributed by atoms with E-state index in [0.29, 0.717) is 36.1 Å². The number of likely N-dealkylation sites (tertiary alicyclic amines) is 1. The third-order valence-corrected chi connectivity index (χ3v) is 5.04. The van der Waals surface area contributed by atoms with Gasteiger partial charge in [-0.3, -0.25) is 4.79 Å². The summed E-state index contributed by atoms with van der Waals surface area (Å²) in [6, 6.07) is 4.76. The van der Waals surface area contributed by atoms with Crippen LogP contribution in [0.25, 0.3) is 0 Å². The molecule has 2 aromatic rings. The molecule has 128 valence electrons. The lowest BCUT2D eigenvalue weighted by Gasteiger charge is -2.32. The number of amides is 1. The lowest BCUT2D eigenvalue weighted by molar-refractivity contribution is 0.0663. The highest BCUT2D eigenvalue weighted by Gasteiger charge is 2.28. The van der Waals surface area contributed by atoms with Gasteiger partial charge < -0.3 is 9.42 Å². The number of hydrogen-bond donors (Lipinski definition) is 0. The quantitative estimate of drug-likeness (QED) is 0.793. The van der Waals surface area contributed by atoms with E-state index in [9.17, 15) is 9.18 Å². The second kappa shape index (κ2) is 7.34. The number of halogens is 1. The van der Waals surface area contributed by atoms with Crippen LogP contribution in [0.1, 0.15) is 34.9 Å². The van der Waals surface area contributed by atoms with Crippen molar-refractivity contribution in [2.45, 2.75) is 31.1 Å². The van der Waals surface area contributed by atoms with E-state index in [4.69, 9.17) is 4.52 Å². The monoisotopic (exact) mass is 349 g/mol. The first-order valence-corrected chi connectivity index (χ1v) is 9.22. The zero-order valence-electron chi connectivity index (χ0n) is 13.8. The summed E-state index contributed by atoms with van der Waals surface area (Å²) in [5.41, 5.74) is 0.182. The van der Waals surface area contributed by atoms with Crippen LogP contribution < -0.4 is 0 Å². The van der Waals surface area contributed by atoms with Crippen LogP contribution in [0, 0.1) is 18.7 Å². The Morgan fingerprint density at radius 3 is 3.04 bits per heavy atom. The molecular formula is C17H20FN3O2S.